The minimum atomic E-state index is -0.585. The molecular weight excluding hydrogens is 198 g/mol. The normalized spacial score (nSPS) is 24.0. The third-order valence-corrected chi connectivity index (χ3v) is 2.73. The van der Waals surface area contributed by atoms with Crippen molar-refractivity contribution in [3.05, 3.63) is 0 Å². The molecule has 0 saturated carbocycles. The molecular formula is C11H22F2N2. The minimum Gasteiger partial charge on any atom is -0.308 e. The largest absolute Gasteiger partial charge is 0.308 e. The van der Waals surface area contributed by atoms with E-state index in [1.165, 1.54) is 0 Å². The van der Waals surface area contributed by atoms with Crippen molar-refractivity contribution < 1.29 is 8.78 Å². The van der Waals surface area contributed by atoms with Gasteiger partial charge in [-0.2, -0.15) is 0 Å². The summed E-state index contributed by atoms with van der Waals surface area (Å²) in [7, 11) is 0. The quantitative estimate of drug-likeness (QED) is 0.776. The van der Waals surface area contributed by atoms with Crippen LogP contribution in [0.5, 0.6) is 0 Å². The number of hydrogen-bond acceptors (Lipinski definition) is 2. The maximum Gasteiger partial charge on any atom is 0.107 e. The van der Waals surface area contributed by atoms with Crippen molar-refractivity contribution in [1.82, 2.24) is 10.2 Å². The average molecular weight is 220 g/mol. The molecule has 0 aromatic heterocycles. The van der Waals surface area contributed by atoms with Gasteiger partial charge in [-0.3, -0.25) is 4.90 Å². The Morgan fingerprint density at radius 1 is 1.33 bits per heavy atom. The molecule has 0 aliphatic carbocycles. The first kappa shape index (κ1) is 12.8. The van der Waals surface area contributed by atoms with Gasteiger partial charge in [0.25, 0.3) is 0 Å². The molecule has 1 aliphatic rings. The van der Waals surface area contributed by atoms with Gasteiger partial charge in [0.15, 0.2) is 0 Å². The van der Waals surface area contributed by atoms with E-state index in [0.29, 0.717) is 6.04 Å². The van der Waals surface area contributed by atoms with Gasteiger partial charge in [-0.25, -0.2) is 8.78 Å². The molecule has 0 unspecified atom stereocenters. The van der Waals surface area contributed by atoms with Gasteiger partial charge in [0, 0.05) is 24.7 Å². The van der Waals surface area contributed by atoms with Gasteiger partial charge in [-0.1, -0.05) is 0 Å². The van der Waals surface area contributed by atoms with E-state index in [2.05, 4.69) is 26.1 Å². The van der Waals surface area contributed by atoms with Gasteiger partial charge in [-0.05, 0) is 27.2 Å². The van der Waals surface area contributed by atoms with Crippen molar-refractivity contribution >= 4 is 0 Å². The average Bonchev–Trinajstić information content (AvgIpc) is 2.52. The highest BCUT2D eigenvalue weighted by Crippen LogP contribution is 2.16. The van der Waals surface area contributed by atoms with Crippen molar-refractivity contribution in [2.24, 2.45) is 0 Å². The molecule has 0 aromatic rings. The molecule has 90 valence electrons. The van der Waals surface area contributed by atoms with Crippen LogP contribution in [0.2, 0.25) is 0 Å². The second kappa shape index (κ2) is 5.21. The highest BCUT2D eigenvalue weighted by molar-refractivity contribution is 4.88. The number of hydrogen-bond donors (Lipinski definition) is 1. The first-order valence-corrected chi connectivity index (χ1v) is 5.60. The standard InChI is InChI=1S/C11H22F2N2/c1-11(2,3)14-9-4-5-15(8-9)10(6-12)7-13/h9-10,14H,4-8H2,1-3H3/t9-/m0/s1. The fraction of sp³-hybridized carbons (Fsp3) is 1.00. The Hall–Kier alpha value is -0.220. The third kappa shape index (κ3) is 4.03. The molecule has 1 aliphatic heterocycles. The second-order valence-electron chi connectivity index (χ2n) is 5.34. The van der Waals surface area contributed by atoms with Crippen LogP contribution in [0.3, 0.4) is 0 Å². The molecule has 15 heavy (non-hydrogen) atoms. The van der Waals surface area contributed by atoms with Crippen molar-refractivity contribution in [3.63, 3.8) is 0 Å². The molecule has 1 fully saturated rings. The number of alkyl halides is 2. The first-order chi connectivity index (χ1) is 6.96. The van der Waals surface area contributed by atoms with E-state index < -0.39 is 19.4 Å². The Bertz CT molecular complexity index is 188. The van der Waals surface area contributed by atoms with E-state index >= 15 is 0 Å². The van der Waals surface area contributed by atoms with Crippen molar-refractivity contribution in [1.29, 1.82) is 0 Å². The molecule has 2 nitrogen and oxygen atoms in total. The summed E-state index contributed by atoms with van der Waals surface area (Å²) in [4.78, 5) is 1.91. The zero-order valence-electron chi connectivity index (χ0n) is 9.89. The van der Waals surface area contributed by atoms with Gasteiger partial charge >= 0.3 is 0 Å². The predicted molar refractivity (Wildman–Crippen MR) is 58.6 cm³/mol. The lowest BCUT2D eigenvalue weighted by molar-refractivity contribution is 0.162. The molecule has 1 rings (SSSR count). The summed E-state index contributed by atoms with van der Waals surface area (Å²) in [5.74, 6) is 0. The monoisotopic (exact) mass is 220 g/mol. The van der Waals surface area contributed by atoms with Crippen LogP contribution in [-0.4, -0.2) is 49.0 Å². The summed E-state index contributed by atoms with van der Waals surface area (Å²) < 4.78 is 24.9. The molecule has 4 heteroatoms. The van der Waals surface area contributed by atoms with E-state index in [9.17, 15) is 8.78 Å². The van der Waals surface area contributed by atoms with E-state index in [1.807, 2.05) is 4.90 Å². The summed E-state index contributed by atoms with van der Waals surface area (Å²) in [5.41, 5.74) is 0.0710. The molecule has 0 bridgehead atoms. The van der Waals surface area contributed by atoms with Crippen LogP contribution in [0.25, 0.3) is 0 Å². The number of nitrogens with zero attached hydrogens (tertiary/aromatic N) is 1. The maximum absolute atomic E-state index is 12.5. The molecule has 1 heterocycles. The molecule has 0 radical (unpaired) electrons. The van der Waals surface area contributed by atoms with E-state index in [0.717, 1.165) is 19.5 Å². The van der Waals surface area contributed by atoms with Gasteiger partial charge in [0.2, 0.25) is 0 Å². The van der Waals surface area contributed by atoms with Crippen LogP contribution < -0.4 is 5.32 Å². The van der Waals surface area contributed by atoms with Crippen LogP contribution in [0.1, 0.15) is 27.2 Å². The summed E-state index contributed by atoms with van der Waals surface area (Å²) in [6.07, 6.45) is 0.980. The Kier molecular flexibility index (Phi) is 4.46. The van der Waals surface area contributed by atoms with Gasteiger partial charge in [0.05, 0.1) is 6.04 Å². The van der Waals surface area contributed by atoms with Crippen LogP contribution in [-0.2, 0) is 0 Å². The zero-order chi connectivity index (χ0) is 11.5. The van der Waals surface area contributed by atoms with Gasteiger partial charge in [0.1, 0.15) is 13.3 Å². The van der Waals surface area contributed by atoms with Crippen molar-refractivity contribution in [3.8, 4) is 0 Å². The molecule has 0 spiro atoms. The first-order valence-electron chi connectivity index (χ1n) is 5.60. The molecule has 0 aromatic carbocycles. The van der Waals surface area contributed by atoms with Gasteiger partial charge < -0.3 is 5.32 Å². The maximum atomic E-state index is 12.5. The lowest BCUT2D eigenvalue weighted by atomic mass is 10.1. The van der Waals surface area contributed by atoms with Crippen LogP contribution in [0.15, 0.2) is 0 Å². The number of rotatable bonds is 4. The Morgan fingerprint density at radius 2 is 1.93 bits per heavy atom. The minimum absolute atomic E-state index is 0.0710. The molecule has 0 amide bonds. The topological polar surface area (TPSA) is 15.3 Å². The zero-order valence-corrected chi connectivity index (χ0v) is 9.89. The lowest BCUT2D eigenvalue weighted by Gasteiger charge is -2.27. The molecule has 1 N–H and O–H groups in total. The SMILES string of the molecule is CC(C)(C)N[C@H]1CCN(C(CF)CF)C1. The predicted octanol–water partition coefficient (Wildman–Crippen LogP) is 1.76. The summed E-state index contributed by atoms with van der Waals surface area (Å²) in [6.45, 7) is 6.71. The molecule has 1 saturated heterocycles. The van der Waals surface area contributed by atoms with E-state index in [1.54, 1.807) is 0 Å². The molecule has 1 atom stereocenters. The van der Waals surface area contributed by atoms with Crippen LogP contribution >= 0.6 is 0 Å². The third-order valence-electron chi connectivity index (χ3n) is 2.73. The fourth-order valence-electron chi connectivity index (χ4n) is 2.09. The van der Waals surface area contributed by atoms with Gasteiger partial charge in [-0.15, -0.1) is 0 Å². The Balaban J connectivity index is 2.38. The van der Waals surface area contributed by atoms with Crippen LogP contribution in [0.4, 0.5) is 8.78 Å². The smallest absolute Gasteiger partial charge is 0.107 e. The van der Waals surface area contributed by atoms with Crippen molar-refractivity contribution in [2.45, 2.75) is 44.8 Å². The number of nitrogens with one attached hydrogen (secondary N) is 1. The second-order valence-corrected chi connectivity index (χ2v) is 5.34. The lowest BCUT2D eigenvalue weighted by Crippen LogP contribution is -2.46. The summed E-state index contributed by atoms with van der Waals surface area (Å²) in [6, 6.07) is -0.164. The highest BCUT2D eigenvalue weighted by Gasteiger charge is 2.29. The number of likely N-dealkylation sites (tertiary alicyclic amines) is 1. The summed E-state index contributed by atoms with van der Waals surface area (Å²) in [5, 5.41) is 3.46. The fourth-order valence-corrected chi connectivity index (χ4v) is 2.09. The highest BCUT2D eigenvalue weighted by atomic mass is 19.1. The van der Waals surface area contributed by atoms with E-state index in [-0.39, 0.29) is 5.54 Å². The van der Waals surface area contributed by atoms with E-state index in [4.69, 9.17) is 0 Å². The summed E-state index contributed by atoms with van der Waals surface area (Å²) >= 11 is 0. The van der Waals surface area contributed by atoms with Crippen molar-refractivity contribution in [2.75, 3.05) is 26.4 Å². The Labute approximate surface area is 91.0 Å². The van der Waals surface area contributed by atoms with Crippen LogP contribution in [0, 0.1) is 0 Å². The number of halogens is 2. The Morgan fingerprint density at radius 3 is 2.40 bits per heavy atom.